The zero-order chi connectivity index (χ0) is 20.4. The number of aromatic amines is 1. The van der Waals surface area contributed by atoms with Crippen LogP contribution in [0.5, 0.6) is 0 Å². The quantitative estimate of drug-likeness (QED) is 0.467. The molecule has 27 heavy (non-hydrogen) atoms. The zero-order valence-electron chi connectivity index (χ0n) is 14.0. The molecular formula is C14H16F3N3O6P+. The fraction of sp³-hybridized carbons (Fsp3) is 0.429. The molecule has 3 rings (SSSR count). The maximum absolute atomic E-state index is 13.4. The van der Waals surface area contributed by atoms with E-state index in [4.69, 9.17) is 19.1 Å². The summed E-state index contributed by atoms with van der Waals surface area (Å²) in [6.07, 6.45) is -4.58. The molecule has 1 aromatic heterocycles. The molecule has 0 amide bonds. The normalized spacial score (nSPS) is 14.7. The minimum atomic E-state index is -4.58. The molecule has 13 heteroatoms. The predicted molar refractivity (Wildman–Crippen MR) is 89.9 cm³/mol. The first-order valence-electron chi connectivity index (χ1n) is 7.54. The van der Waals surface area contributed by atoms with Crippen LogP contribution >= 0.6 is 8.25 Å². The van der Waals surface area contributed by atoms with Gasteiger partial charge in [-0.2, -0.15) is 13.2 Å². The van der Waals surface area contributed by atoms with E-state index in [0.29, 0.717) is 26.3 Å². The molecule has 0 radical (unpaired) electrons. The van der Waals surface area contributed by atoms with E-state index in [1.54, 1.807) is 4.90 Å². The SMILES string of the molecule is Cn1c(=O)c(=O)[nH]c2cc(C(F)(F)F)c(N3CCOCC3)cc21.O=[P+](O)O. The number of aromatic nitrogens is 2. The number of hydrogen-bond donors (Lipinski definition) is 3. The van der Waals surface area contributed by atoms with Crippen LogP contribution in [0.4, 0.5) is 18.9 Å². The molecule has 3 N–H and O–H groups in total. The Morgan fingerprint density at radius 1 is 1.19 bits per heavy atom. The van der Waals surface area contributed by atoms with E-state index in [9.17, 15) is 22.8 Å². The highest BCUT2D eigenvalue weighted by Gasteiger charge is 2.36. The van der Waals surface area contributed by atoms with Crippen LogP contribution < -0.4 is 16.0 Å². The molecule has 0 bridgehead atoms. The van der Waals surface area contributed by atoms with Gasteiger partial charge in [-0.1, -0.05) is 0 Å². The Hall–Kier alpha value is -2.27. The van der Waals surface area contributed by atoms with Crippen molar-refractivity contribution in [1.82, 2.24) is 9.55 Å². The number of morpholine rings is 1. The van der Waals surface area contributed by atoms with Crippen LogP contribution in [0.2, 0.25) is 0 Å². The first-order valence-corrected chi connectivity index (χ1v) is 8.71. The highest BCUT2D eigenvalue weighted by molar-refractivity contribution is 7.30. The Balaban J connectivity index is 0.000000596. The third kappa shape index (κ3) is 4.92. The van der Waals surface area contributed by atoms with Gasteiger partial charge in [0, 0.05) is 24.7 Å². The minimum Gasteiger partial charge on any atom is -0.378 e. The van der Waals surface area contributed by atoms with Crippen molar-refractivity contribution in [3.8, 4) is 0 Å². The largest absolute Gasteiger partial charge is 0.692 e. The lowest BCUT2D eigenvalue weighted by molar-refractivity contribution is -0.137. The molecule has 1 fully saturated rings. The number of hydrogen-bond acceptors (Lipinski definition) is 5. The molecule has 0 saturated carbocycles. The van der Waals surface area contributed by atoms with E-state index in [-0.39, 0.29) is 16.7 Å². The van der Waals surface area contributed by atoms with Crippen molar-refractivity contribution in [2.75, 3.05) is 31.2 Å². The molecule has 0 unspecified atom stereocenters. The van der Waals surface area contributed by atoms with Crippen LogP contribution in [-0.2, 0) is 22.5 Å². The van der Waals surface area contributed by atoms with Gasteiger partial charge in [0.05, 0.1) is 35.5 Å². The highest BCUT2D eigenvalue weighted by atomic mass is 31.1. The van der Waals surface area contributed by atoms with Crippen LogP contribution in [0, 0.1) is 0 Å². The summed E-state index contributed by atoms with van der Waals surface area (Å²) in [6.45, 7) is 1.32. The summed E-state index contributed by atoms with van der Waals surface area (Å²) in [5.74, 6) is 0. The number of anilines is 1. The number of H-pyrrole nitrogens is 1. The highest BCUT2D eigenvalue weighted by Crippen LogP contribution is 2.38. The topological polar surface area (TPSA) is 125 Å². The first-order chi connectivity index (χ1) is 12.5. The molecule has 1 saturated heterocycles. The maximum Gasteiger partial charge on any atom is 0.692 e. The number of rotatable bonds is 1. The average molecular weight is 410 g/mol. The smallest absolute Gasteiger partial charge is 0.378 e. The standard InChI is InChI=1S/C14H14F3N3O3.HO3P/c1-19-11-7-10(20-2-4-23-5-3-20)8(14(15,16)17)6-9(11)18-12(21)13(19)22;1-4(2)3/h6-7H,2-5H2,1H3,(H,18,21);(H-,1,2,3)/p+1. The van der Waals surface area contributed by atoms with E-state index in [1.165, 1.54) is 13.1 Å². The fourth-order valence-corrected chi connectivity index (χ4v) is 2.69. The summed E-state index contributed by atoms with van der Waals surface area (Å²) in [5, 5.41) is 0. The van der Waals surface area contributed by atoms with Crippen molar-refractivity contribution in [2.45, 2.75) is 6.18 Å². The van der Waals surface area contributed by atoms with Crippen molar-refractivity contribution < 1.29 is 32.3 Å². The molecule has 0 aliphatic carbocycles. The second kappa shape index (κ2) is 8.17. The van der Waals surface area contributed by atoms with Crippen LogP contribution in [-0.4, -0.2) is 45.6 Å². The molecule has 1 aliphatic rings. The Morgan fingerprint density at radius 3 is 2.26 bits per heavy atom. The van der Waals surface area contributed by atoms with Crippen LogP contribution in [0.3, 0.4) is 0 Å². The molecule has 1 aromatic carbocycles. The summed E-state index contributed by atoms with van der Waals surface area (Å²) in [7, 11) is -1.51. The number of aryl methyl sites for hydroxylation is 1. The fourth-order valence-electron chi connectivity index (χ4n) is 2.69. The number of halogens is 3. The Morgan fingerprint density at radius 2 is 1.74 bits per heavy atom. The van der Waals surface area contributed by atoms with E-state index < -0.39 is 31.1 Å². The number of fused-ring (bicyclic) bond motifs is 1. The van der Waals surface area contributed by atoms with Gasteiger partial charge in [0.1, 0.15) is 0 Å². The lowest BCUT2D eigenvalue weighted by atomic mass is 10.1. The van der Waals surface area contributed by atoms with Crippen molar-refractivity contribution >= 4 is 25.0 Å². The van der Waals surface area contributed by atoms with Gasteiger partial charge in [0.2, 0.25) is 0 Å². The zero-order valence-corrected chi connectivity index (χ0v) is 14.9. The Labute approximate surface area is 150 Å². The maximum atomic E-state index is 13.4. The summed E-state index contributed by atoms with van der Waals surface area (Å²) in [4.78, 5) is 41.2. The van der Waals surface area contributed by atoms with E-state index >= 15 is 0 Å². The molecule has 0 atom stereocenters. The van der Waals surface area contributed by atoms with Crippen LogP contribution in [0.15, 0.2) is 21.7 Å². The van der Waals surface area contributed by atoms with Gasteiger partial charge in [0.25, 0.3) is 0 Å². The van der Waals surface area contributed by atoms with E-state index in [2.05, 4.69) is 4.98 Å². The summed E-state index contributed by atoms with van der Waals surface area (Å²) < 4.78 is 55.1. The van der Waals surface area contributed by atoms with Crippen LogP contribution in [0.1, 0.15) is 5.56 Å². The van der Waals surface area contributed by atoms with Crippen LogP contribution in [0.25, 0.3) is 11.0 Å². The van der Waals surface area contributed by atoms with Gasteiger partial charge < -0.3 is 19.2 Å². The molecule has 9 nitrogen and oxygen atoms in total. The van der Waals surface area contributed by atoms with E-state index in [1.807, 2.05) is 0 Å². The first kappa shape index (κ1) is 21.0. The summed E-state index contributed by atoms with van der Waals surface area (Å²) in [5.41, 5.74) is -2.42. The number of ether oxygens (including phenoxy) is 1. The second-order valence-corrected chi connectivity index (χ2v) is 6.06. The van der Waals surface area contributed by atoms with Crippen molar-refractivity contribution in [1.29, 1.82) is 0 Å². The molecule has 1 aliphatic heterocycles. The molecular weight excluding hydrogens is 394 g/mol. The van der Waals surface area contributed by atoms with Gasteiger partial charge >= 0.3 is 25.5 Å². The second-order valence-electron chi connectivity index (χ2n) is 5.55. The lowest BCUT2D eigenvalue weighted by Crippen LogP contribution is -2.38. The van der Waals surface area contributed by atoms with Crippen molar-refractivity contribution in [3.63, 3.8) is 0 Å². The molecule has 2 heterocycles. The average Bonchev–Trinajstić information content (AvgIpc) is 2.58. The third-order valence-electron chi connectivity index (χ3n) is 3.88. The summed E-state index contributed by atoms with van der Waals surface area (Å²) in [6, 6.07) is 2.17. The Bertz CT molecular complexity index is 961. The summed E-state index contributed by atoms with van der Waals surface area (Å²) >= 11 is 0. The minimum absolute atomic E-state index is 0.0182. The van der Waals surface area contributed by atoms with Crippen molar-refractivity contribution in [3.05, 3.63) is 38.4 Å². The Kier molecular flexibility index (Phi) is 6.37. The monoisotopic (exact) mass is 410 g/mol. The number of benzene rings is 1. The van der Waals surface area contributed by atoms with Gasteiger partial charge in [-0.15, -0.1) is 9.79 Å². The van der Waals surface area contributed by atoms with Gasteiger partial charge in [-0.3, -0.25) is 9.59 Å². The molecule has 148 valence electrons. The van der Waals surface area contributed by atoms with Gasteiger partial charge in [-0.05, 0) is 12.1 Å². The van der Waals surface area contributed by atoms with E-state index in [0.717, 1.165) is 10.6 Å². The predicted octanol–water partition coefficient (Wildman–Crippen LogP) is 0.711. The third-order valence-corrected chi connectivity index (χ3v) is 3.88. The lowest BCUT2D eigenvalue weighted by Gasteiger charge is -2.31. The number of nitrogens with one attached hydrogen (secondary N) is 1. The number of nitrogens with zero attached hydrogens (tertiary/aromatic N) is 2. The molecule has 0 spiro atoms. The number of alkyl halides is 3. The molecule has 2 aromatic rings. The van der Waals surface area contributed by atoms with Gasteiger partial charge in [0.15, 0.2) is 0 Å². The van der Waals surface area contributed by atoms with Gasteiger partial charge in [-0.25, -0.2) is 0 Å². The van der Waals surface area contributed by atoms with Crippen molar-refractivity contribution in [2.24, 2.45) is 7.05 Å².